The van der Waals surface area contributed by atoms with Gasteiger partial charge in [-0.3, -0.25) is 4.79 Å². The molecule has 0 saturated carbocycles. The van der Waals surface area contributed by atoms with Crippen molar-refractivity contribution in [2.45, 2.75) is 37.8 Å². The van der Waals surface area contributed by atoms with Gasteiger partial charge in [-0.15, -0.1) is 0 Å². The molecular weight excluding hydrogens is 437 g/mol. The van der Waals surface area contributed by atoms with Crippen LogP contribution in [0.4, 0.5) is 9.18 Å². The average molecular weight is 466 g/mol. The molecule has 1 fully saturated rings. The molecule has 4 rings (SSSR count). The van der Waals surface area contributed by atoms with Crippen LogP contribution in [0.25, 0.3) is 11.3 Å². The van der Waals surface area contributed by atoms with Gasteiger partial charge < -0.3 is 14.7 Å². The maximum absolute atomic E-state index is 13.5. The molecule has 2 aromatic carbocycles. The molecule has 0 spiro atoms. The monoisotopic (exact) mass is 465 g/mol. The Morgan fingerprint density at radius 1 is 1.09 bits per heavy atom. The third kappa shape index (κ3) is 4.72. The number of aliphatic hydroxyl groups excluding tert-OH is 1. The van der Waals surface area contributed by atoms with Crippen LogP contribution in [0.3, 0.4) is 0 Å². The van der Waals surface area contributed by atoms with Gasteiger partial charge in [0.15, 0.2) is 0 Å². The van der Waals surface area contributed by atoms with Crippen LogP contribution in [0.15, 0.2) is 65.5 Å². The highest BCUT2D eigenvalue weighted by molar-refractivity contribution is 5.70. The van der Waals surface area contributed by atoms with Gasteiger partial charge in [0, 0.05) is 38.2 Å². The normalized spacial score (nSPS) is 19.1. The van der Waals surface area contributed by atoms with Crippen molar-refractivity contribution in [3.8, 4) is 11.3 Å². The zero-order chi connectivity index (χ0) is 24.3. The first kappa shape index (κ1) is 23.6. The Bertz CT molecular complexity index is 1210. The smallest absolute Gasteiger partial charge is 0.411 e. The first-order valence-electron chi connectivity index (χ1n) is 11.3. The summed E-state index contributed by atoms with van der Waals surface area (Å²) in [4.78, 5) is 26.4. The predicted octanol–water partition coefficient (Wildman–Crippen LogP) is 4.16. The number of aliphatic hydroxyl groups is 1. The molecule has 1 aromatic heterocycles. The molecule has 1 saturated heterocycles. The molecule has 2 atom stereocenters. The largest absolute Gasteiger partial charge is 0.438 e. The number of hydrogen-bond donors (Lipinski definition) is 1. The zero-order valence-corrected chi connectivity index (χ0v) is 19.3. The van der Waals surface area contributed by atoms with E-state index < -0.39 is 11.7 Å². The van der Waals surface area contributed by atoms with Gasteiger partial charge in [0.1, 0.15) is 11.4 Å². The summed E-state index contributed by atoms with van der Waals surface area (Å²) in [5, 5.41) is 13.6. The second-order valence-corrected chi connectivity index (χ2v) is 8.62. The number of hydrogen-bond acceptors (Lipinski definition) is 5. The Morgan fingerprint density at radius 3 is 2.41 bits per heavy atom. The van der Waals surface area contributed by atoms with Crippen LogP contribution >= 0.6 is 0 Å². The molecule has 7 nitrogen and oxygen atoms in total. The Morgan fingerprint density at radius 2 is 1.79 bits per heavy atom. The molecule has 178 valence electrons. The van der Waals surface area contributed by atoms with Crippen molar-refractivity contribution in [1.82, 2.24) is 14.7 Å². The Balaban J connectivity index is 1.52. The number of halogens is 1. The maximum Gasteiger partial charge on any atom is 0.411 e. The van der Waals surface area contributed by atoms with Gasteiger partial charge in [-0.1, -0.05) is 36.4 Å². The topological polar surface area (TPSA) is 84.7 Å². The number of benzene rings is 2. The summed E-state index contributed by atoms with van der Waals surface area (Å²) in [5.41, 5.74) is 2.17. The van der Waals surface area contributed by atoms with Gasteiger partial charge >= 0.3 is 6.09 Å². The van der Waals surface area contributed by atoms with Crippen LogP contribution in [0, 0.1) is 5.82 Å². The van der Waals surface area contributed by atoms with Crippen LogP contribution in [-0.4, -0.2) is 39.0 Å². The first-order chi connectivity index (χ1) is 16.3. The summed E-state index contributed by atoms with van der Waals surface area (Å²) >= 11 is 0. The fraction of sp³-hybridized carbons (Fsp3) is 0.346. The highest BCUT2D eigenvalue weighted by atomic mass is 19.1. The van der Waals surface area contributed by atoms with Gasteiger partial charge in [0.05, 0.1) is 11.7 Å². The maximum atomic E-state index is 13.5. The number of amides is 1. The fourth-order valence-corrected chi connectivity index (χ4v) is 4.43. The SMILES string of the molecule is C[C@@H](c1ccc(-c2ccc(=O)n(C)n2)cc1)N1CCC(CCCO)(c2ccc(F)cc2)OC1=O. The molecule has 1 aliphatic rings. The van der Waals surface area contributed by atoms with E-state index in [1.54, 1.807) is 30.1 Å². The molecule has 1 aliphatic heterocycles. The lowest BCUT2D eigenvalue weighted by atomic mass is 9.84. The predicted molar refractivity (Wildman–Crippen MR) is 126 cm³/mol. The minimum atomic E-state index is -0.886. The number of rotatable bonds is 7. The Labute approximate surface area is 197 Å². The third-order valence-electron chi connectivity index (χ3n) is 6.50. The summed E-state index contributed by atoms with van der Waals surface area (Å²) in [7, 11) is 1.61. The number of carbonyl (C=O) groups excluding carboxylic acids is 1. The Hall–Kier alpha value is -3.52. The quantitative estimate of drug-likeness (QED) is 0.567. The fourth-order valence-electron chi connectivity index (χ4n) is 4.43. The van der Waals surface area contributed by atoms with Crippen LogP contribution in [0.5, 0.6) is 0 Å². The number of ether oxygens (including phenoxy) is 1. The van der Waals surface area contributed by atoms with Crippen molar-refractivity contribution in [3.63, 3.8) is 0 Å². The van der Waals surface area contributed by atoms with E-state index in [1.807, 2.05) is 31.2 Å². The van der Waals surface area contributed by atoms with Gasteiger partial charge in [-0.2, -0.15) is 5.10 Å². The summed E-state index contributed by atoms with van der Waals surface area (Å²) in [5.74, 6) is -0.352. The van der Waals surface area contributed by atoms with E-state index >= 15 is 0 Å². The molecular formula is C26H28FN3O4. The second-order valence-electron chi connectivity index (χ2n) is 8.62. The van der Waals surface area contributed by atoms with Crippen molar-refractivity contribution in [2.24, 2.45) is 7.05 Å². The summed E-state index contributed by atoms with van der Waals surface area (Å²) < 4.78 is 20.7. The number of aromatic nitrogens is 2. The highest BCUT2D eigenvalue weighted by Gasteiger charge is 2.43. The standard InChI is InChI=1S/C26H28FN3O4/c1-18(19-4-6-20(7-5-19)23-12-13-24(32)29(2)28-23)30-16-15-26(14-3-17-31,34-25(30)33)21-8-10-22(27)11-9-21/h4-13,18,31H,3,14-17H2,1-2H3/t18-,26?/m0/s1. The molecule has 0 bridgehead atoms. The lowest BCUT2D eigenvalue weighted by Crippen LogP contribution is -2.48. The molecule has 8 heteroatoms. The minimum Gasteiger partial charge on any atom is -0.438 e. The first-order valence-corrected chi connectivity index (χ1v) is 11.3. The molecule has 3 aromatic rings. The van der Waals surface area contributed by atoms with Gasteiger partial charge in [-0.05, 0) is 49.1 Å². The van der Waals surface area contributed by atoms with Crippen molar-refractivity contribution in [2.75, 3.05) is 13.2 Å². The minimum absolute atomic E-state index is 0.0165. The molecule has 34 heavy (non-hydrogen) atoms. The number of nitrogens with zero attached hydrogens (tertiary/aromatic N) is 3. The lowest BCUT2D eigenvalue weighted by Gasteiger charge is -2.43. The molecule has 1 N–H and O–H groups in total. The van der Waals surface area contributed by atoms with Gasteiger partial charge in [-0.25, -0.2) is 13.9 Å². The van der Waals surface area contributed by atoms with Gasteiger partial charge in [0.2, 0.25) is 0 Å². The third-order valence-corrected chi connectivity index (χ3v) is 6.50. The van der Waals surface area contributed by atoms with E-state index in [2.05, 4.69) is 5.10 Å². The molecule has 0 aliphatic carbocycles. The van der Waals surface area contributed by atoms with Crippen molar-refractivity contribution < 1.29 is 19.0 Å². The highest BCUT2D eigenvalue weighted by Crippen LogP contribution is 2.40. The van der Waals surface area contributed by atoms with Crippen LogP contribution in [0.1, 0.15) is 43.4 Å². The van der Waals surface area contributed by atoms with Crippen LogP contribution in [-0.2, 0) is 17.4 Å². The van der Waals surface area contributed by atoms with E-state index in [1.165, 1.54) is 22.9 Å². The summed E-state index contributed by atoms with van der Waals surface area (Å²) in [6.45, 7) is 2.39. The molecule has 1 unspecified atom stereocenters. The second kappa shape index (κ2) is 9.77. The van der Waals surface area contributed by atoms with Gasteiger partial charge in [0.25, 0.3) is 5.56 Å². The van der Waals surface area contributed by atoms with E-state index in [0.717, 1.165) is 16.7 Å². The zero-order valence-electron chi connectivity index (χ0n) is 19.3. The number of aryl methyl sites for hydroxylation is 1. The van der Waals surface area contributed by atoms with Crippen molar-refractivity contribution in [1.29, 1.82) is 0 Å². The molecule has 0 radical (unpaired) electrons. The van der Waals surface area contributed by atoms with Crippen molar-refractivity contribution in [3.05, 3.63) is 88.0 Å². The molecule has 1 amide bonds. The molecule has 2 heterocycles. The van der Waals surface area contributed by atoms with E-state index in [-0.39, 0.29) is 24.0 Å². The van der Waals surface area contributed by atoms with E-state index in [9.17, 15) is 19.1 Å². The lowest BCUT2D eigenvalue weighted by molar-refractivity contribution is -0.0680. The van der Waals surface area contributed by atoms with E-state index in [4.69, 9.17) is 4.74 Å². The summed E-state index contributed by atoms with van der Waals surface area (Å²) in [6, 6.07) is 16.7. The van der Waals surface area contributed by atoms with Crippen molar-refractivity contribution >= 4 is 6.09 Å². The van der Waals surface area contributed by atoms with E-state index in [0.29, 0.717) is 31.5 Å². The average Bonchev–Trinajstić information content (AvgIpc) is 2.84. The van der Waals surface area contributed by atoms with Crippen LogP contribution in [0.2, 0.25) is 0 Å². The number of carbonyl (C=O) groups is 1. The van der Waals surface area contributed by atoms with Crippen LogP contribution < -0.4 is 5.56 Å². The Kier molecular flexibility index (Phi) is 6.79. The number of cyclic esters (lactones) is 1. The summed E-state index contributed by atoms with van der Waals surface area (Å²) in [6.07, 6.45) is 1.03.